The van der Waals surface area contributed by atoms with E-state index >= 15 is 0 Å². The third-order valence-corrected chi connectivity index (χ3v) is 7.69. The molecule has 1 unspecified atom stereocenters. The van der Waals surface area contributed by atoms with Crippen molar-refractivity contribution in [3.05, 3.63) is 39.4 Å². The van der Waals surface area contributed by atoms with E-state index in [1.54, 1.807) is 0 Å². The number of aliphatic hydroxyl groups excluding tert-OH is 1. The topological polar surface area (TPSA) is 288 Å². The Kier molecular flexibility index (Phi) is 8.20. The van der Waals surface area contributed by atoms with Crippen LogP contribution in [0.25, 0.3) is 11.2 Å². The fourth-order valence-electron chi connectivity index (χ4n) is 4.47. The SMILES string of the molecule is Nc1ccn([C@H]2C[C@H](O)[C@@H](COP(=O)(O)O[C@H]3C[C@H](n4cnc5c(=O)[nH]c(N)nc54)O[C@@H]3COP(=O)=O)O2)c(=O)n1. The molecule has 7 atom stereocenters. The van der Waals surface area contributed by atoms with E-state index in [-0.39, 0.29) is 35.8 Å². The molecule has 3 aromatic rings. The fourth-order valence-corrected chi connectivity index (χ4v) is 5.70. The van der Waals surface area contributed by atoms with Crippen LogP contribution in [-0.2, 0) is 36.7 Å². The summed E-state index contributed by atoms with van der Waals surface area (Å²) in [7, 11) is -8.15. The van der Waals surface area contributed by atoms with Crippen molar-refractivity contribution in [2.45, 2.75) is 49.7 Å². The summed E-state index contributed by atoms with van der Waals surface area (Å²) in [5, 5.41) is 10.4. The van der Waals surface area contributed by atoms with Gasteiger partial charge in [0.05, 0.1) is 25.6 Å². The predicted molar refractivity (Wildman–Crippen MR) is 133 cm³/mol. The molecule has 0 radical (unpaired) electrons. The molecule has 22 heteroatoms. The minimum atomic E-state index is -4.87. The Hall–Kier alpha value is -3.32. The number of aromatic nitrogens is 6. The van der Waals surface area contributed by atoms with Crippen LogP contribution >= 0.6 is 15.7 Å². The van der Waals surface area contributed by atoms with Crippen molar-refractivity contribution in [1.29, 1.82) is 0 Å². The molecule has 222 valence electrons. The third kappa shape index (κ3) is 6.45. The Balaban J connectivity index is 1.27. The Bertz CT molecular complexity index is 1670. The first-order valence-electron chi connectivity index (χ1n) is 11.9. The van der Waals surface area contributed by atoms with Gasteiger partial charge in [0.15, 0.2) is 11.2 Å². The minimum absolute atomic E-state index is 0.00211. The number of aliphatic hydroxyl groups is 1. The van der Waals surface area contributed by atoms with E-state index in [9.17, 15) is 33.3 Å². The monoisotopic (exact) mass is 618 g/mol. The van der Waals surface area contributed by atoms with Gasteiger partial charge in [-0.3, -0.25) is 32.5 Å². The van der Waals surface area contributed by atoms with Crippen molar-refractivity contribution in [2.24, 2.45) is 0 Å². The van der Waals surface area contributed by atoms with Gasteiger partial charge in [-0.1, -0.05) is 0 Å². The standard InChI is InChI=1S/C19H24N8O12P2/c20-12-1-2-26(19(30)23-12)13-3-8(28)10(37-13)6-36-41(33,34)39-9-4-14(38-11(9)5-35-40(31)32)27-7-22-15-16(27)24-18(21)25-17(15)29/h1-2,7-11,13-14,28H,3-6H2,(H,33,34)(H2,20,23,30)(H3,21,24,25,29)/t8-,9-,10+,11+,13+,14+/m0/s1. The third-order valence-electron chi connectivity index (χ3n) is 6.32. The maximum Gasteiger partial charge on any atom is 0.472 e. The highest BCUT2D eigenvalue weighted by Gasteiger charge is 2.44. The molecule has 3 aromatic heterocycles. The van der Waals surface area contributed by atoms with E-state index < -0.39 is 77.1 Å². The van der Waals surface area contributed by atoms with Crippen molar-refractivity contribution >= 4 is 38.7 Å². The lowest BCUT2D eigenvalue weighted by Gasteiger charge is -2.22. The molecular weight excluding hydrogens is 594 g/mol. The number of rotatable bonds is 10. The molecular formula is C19H24N8O12P2. The van der Waals surface area contributed by atoms with Crippen LogP contribution in [0.1, 0.15) is 25.3 Å². The van der Waals surface area contributed by atoms with Crippen LogP contribution in [-0.4, -0.2) is 76.7 Å². The maximum atomic E-state index is 12.8. The van der Waals surface area contributed by atoms with E-state index in [1.807, 2.05) is 0 Å². The summed E-state index contributed by atoms with van der Waals surface area (Å²) in [6.45, 7) is -1.18. The number of hydrogen-bond donors (Lipinski definition) is 5. The van der Waals surface area contributed by atoms with Crippen LogP contribution < -0.4 is 22.7 Å². The van der Waals surface area contributed by atoms with Crippen LogP contribution in [0, 0.1) is 0 Å². The number of hydrogen-bond acceptors (Lipinski definition) is 16. The molecule has 2 saturated heterocycles. The molecule has 0 aromatic carbocycles. The average molecular weight is 618 g/mol. The summed E-state index contributed by atoms with van der Waals surface area (Å²) in [4.78, 5) is 48.5. The summed E-state index contributed by atoms with van der Waals surface area (Å²) in [6.07, 6.45) is -4.24. The zero-order valence-corrected chi connectivity index (χ0v) is 22.6. The smallest absolute Gasteiger partial charge is 0.390 e. The van der Waals surface area contributed by atoms with Gasteiger partial charge in [-0.05, 0) is 6.07 Å². The zero-order valence-electron chi connectivity index (χ0n) is 20.8. The number of nitrogens with one attached hydrogen (secondary N) is 1. The van der Waals surface area contributed by atoms with Crippen LogP contribution in [0.5, 0.6) is 0 Å². The highest BCUT2D eigenvalue weighted by Crippen LogP contribution is 2.49. The second-order valence-corrected chi connectivity index (χ2v) is 11.2. The van der Waals surface area contributed by atoms with E-state index in [4.69, 9.17) is 30.0 Å². The molecule has 20 nitrogen and oxygen atoms in total. The number of nitrogens with zero attached hydrogens (tertiary/aromatic N) is 5. The molecule has 2 fully saturated rings. The Morgan fingerprint density at radius 3 is 2.59 bits per heavy atom. The van der Waals surface area contributed by atoms with Crippen LogP contribution in [0.2, 0.25) is 0 Å². The van der Waals surface area contributed by atoms with Gasteiger partial charge in [0, 0.05) is 19.0 Å². The number of ether oxygens (including phenoxy) is 2. The number of phosphoric acid groups is 1. The lowest BCUT2D eigenvalue weighted by molar-refractivity contribution is -0.0546. The van der Waals surface area contributed by atoms with Gasteiger partial charge in [0.1, 0.15) is 36.6 Å². The quantitative estimate of drug-likeness (QED) is 0.172. The Labute approximate surface area is 228 Å². The number of fused-ring (bicyclic) bond motifs is 1. The van der Waals surface area contributed by atoms with Gasteiger partial charge in [0.2, 0.25) is 5.95 Å². The largest absolute Gasteiger partial charge is 0.472 e. The zero-order chi connectivity index (χ0) is 29.5. The van der Waals surface area contributed by atoms with Crippen molar-refractivity contribution in [2.75, 3.05) is 24.7 Å². The molecule has 7 N–H and O–H groups in total. The number of aromatic amines is 1. The molecule has 5 rings (SSSR count). The van der Waals surface area contributed by atoms with Gasteiger partial charge < -0.3 is 30.9 Å². The summed E-state index contributed by atoms with van der Waals surface area (Å²) in [5.74, 6) is -0.190. The molecule has 0 bridgehead atoms. The molecule has 0 amide bonds. The number of imidazole rings is 1. The summed E-state index contributed by atoms with van der Waals surface area (Å²) < 4.78 is 63.6. The maximum absolute atomic E-state index is 12.8. The number of H-pyrrole nitrogens is 1. The first kappa shape index (κ1) is 29.2. The average Bonchev–Trinajstić information content (AvgIpc) is 3.58. The van der Waals surface area contributed by atoms with E-state index in [1.165, 1.54) is 23.2 Å². The number of phosphoric ester groups is 1. The molecule has 2 aliphatic rings. The second-order valence-electron chi connectivity index (χ2n) is 9.04. The summed E-state index contributed by atoms with van der Waals surface area (Å²) in [5.41, 5.74) is 9.78. The summed E-state index contributed by atoms with van der Waals surface area (Å²) in [6, 6.07) is 1.37. The first-order valence-corrected chi connectivity index (χ1v) is 14.5. The fraction of sp³-hybridized carbons (Fsp3) is 0.526. The second kappa shape index (κ2) is 11.5. The molecule has 41 heavy (non-hydrogen) atoms. The van der Waals surface area contributed by atoms with Gasteiger partial charge in [-0.2, -0.15) is 9.97 Å². The van der Waals surface area contributed by atoms with Crippen LogP contribution in [0.4, 0.5) is 11.8 Å². The van der Waals surface area contributed by atoms with Gasteiger partial charge >= 0.3 is 21.4 Å². The van der Waals surface area contributed by atoms with Crippen LogP contribution in [0.15, 0.2) is 28.2 Å². The van der Waals surface area contributed by atoms with E-state index in [0.29, 0.717) is 0 Å². The van der Waals surface area contributed by atoms with E-state index in [2.05, 4.69) is 24.5 Å². The normalized spacial score (nSPS) is 27.8. The molecule has 2 aliphatic heterocycles. The van der Waals surface area contributed by atoms with Crippen molar-refractivity contribution in [1.82, 2.24) is 29.1 Å². The Morgan fingerprint density at radius 2 is 1.85 bits per heavy atom. The van der Waals surface area contributed by atoms with Crippen LogP contribution in [0.3, 0.4) is 0 Å². The molecule has 5 heterocycles. The Morgan fingerprint density at radius 1 is 1.12 bits per heavy atom. The van der Waals surface area contributed by atoms with E-state index in [0.717, 1.165) is 4.57 Å². The van der Waals surface area contributed by atoms with Crippen molar-refractivity contribution < 1.29 is 46.7 Å². The van der Waals surface area contributed by atoms with Gasteiger partial charge in [-0.25, -0.2) is 23.5 Å². The highest BCUT2D eigenvalue weighted by molar-refractivity contribution is 7.47. The lowest BCUT2D eigenvalue weighted by atomic mass is 10.2. The number of nitrogen functional groups attached to an aromatic ring is 2. The minimum Gasteiger partial charge on any atom is -0.390 e. The first-order chi connectivity index (χ1) is 19.4. The molecule has 0 saturated carbocycles. The van der Waals surface area contributed by atoms with Gasteiger partial charge in [-0.15, -0.1) is 0 Å². The predicted octanol–water partition coefficient (Wildman–Crippen LogP) is -0.916. The molecule has 0 aliphatic carbocycles. The highest BCUT2D eigenvalue weighted by atomic mass is 31.2. The lowest BCUT2D eigenvalue weighted by Crippen LogP contribution is -2.30. The summed E-state index contributed by atoms with van der Waals surface area (Å²) >= 11 is 0. The number of nitrogens with two attached hydrogens (primary N) is 2. The molecule has 0 spiro atoms. The number of anilines is 2. The van der Waals surface area contributed by atoms with Crippen molar-refractivity contribution in [3.63, 3.8) is 0 Å². The van der Waals surface area contributed by atoms with Gasteiger partial charge in [0.25, 0.3) is 5.56 Å². The van der Waals surface area contributed by atoms with Crippen molar-refractivity contribution in [3.8, 4) is 0 Å².